The SMILES string of the molecule is CC(F)(F)c1cccc(CC(=O)Oc2ccccc2)c1. The van der Waals surface area contributed by atoms with Crippen LogP contribution in [0.25, 0.3) is 0 Å². The zero-order valence-electron chi connectivity index (χ0n) is 11.0. The van der Waals surface area contributed by atoms with Gasteiger partial charge in [-0.05, 0) is 23.8 Å². The molecule has 0 bridgehead atoms. The summed E-state index contributed by atoms with van der Waals surface area (Å²) in [6.07, 6.45) is -0.0428. The molecular weight excluding hydrogens is 262 g/mol. The van der Waals surface area contributed by atoms with Gasteiger partial charge in [0.2, 0.25) is 0 Å². The molecule has 0 saturated carbocycles. The van der Waals surface area contributed by atoms with Crippen LogP contribution in [0.5, 0.6) is 5.75 Å². The maximum Gasteiger partial charge on any atom is 0.315 e. The van der Waals surface area contributed by atoms with E-state index in [2.05, 4.69) is 0 Å². The van der Waals surface area contributed by atoms with Crippen LogP contribution in [-0.2, 0) is 17.1 Å². The highest BCUT2D eigenvalue weighted by Crippen LogP contribution is 2.27. The number of para-hydroxylation sites is 1. The van der Waals surface area contributed by atoms with E-state index in [9.17, 15) is 13.6 Å². The Kier molecular flexibility index (Phi) is 4.13. The number of halogens is 2. The first-order chi connectivity index (χ1) is 9.45. The van der Waals surface area contributed by atoms with E-state index in [-0.39, 0.29) is 12.0 Å². The summed E-state index contributed by atoms with van der Waals surface area (Å²) >= 11 is 0. The Morgan fingerprint density at radius 1 is 1.10 bits per heavy atom. The average Bonchev–Trinajstić information content (AvgIpc) is 2.39. The van der Waals surface area contributed by atoms with Crippen molar-refractivity contribution in [3.05, 3.63) is 65.7 Å². The van der Waals surface area contributed by atoms with Crippen molar-refractivity contribution in [2.75, 3.05) is 0 Å². The minimum absolute atomic E-state index is 0.0428. The smallest absolute Gasteiger partial charge is 0.315 e. The molecule has 0 aliphatic rings. The lowest BCUT2D eigenvalue weighted by Gasteiger charge is -2.11. The third kappa shape index (κ3) is 3.88. The number of benzene rings is 2. The second-order valence-electron chi connectivity index (χ2n) is 4.55. The number of carbonyl (C=O) groups excluding carboxylic acids is 1. The molecule has 0 N–H and O–H groups in total. The van der Waals surface area contributed by atoms with E-state index in [1.165, 1.54) is 18.2 Å². The Hall–Kier alpha value is -2.23. The molecule has 2 rings (SSSR count). The van der Waals surface area contributed by atoms with E-state index in [0.29, 0.717) is 11.3 Å². The van der Waals surface area contributed by atoms with Crippen LogP contribution in [0.4, 0.5) is 8.78 Å². The van der Waals surface area contributed by atoms with Crippen molar-refractivity contribution in [3.63, 3.8) is 0 Å². The summed E-state index contributed by atoms with van der Waals surface area (Å²) in [6.45, 7) is 0.828. The Labute approximate surface area is 116 Å². The first-order valence-corrected chi connectivity index (χ1v) is 6.18. The molecule has 0 unspecified atom stereocenters. The van der Waals surface area contributed by atoms with E-state index in [1.54, 1.807) is 30.3 Å². The van der Waals surface area contributed by atoms with Gasteiger partial charge in [0.25, 0.3) is 5.92 Å². The van der Waals surface area contributed by atoms with Crippen LogP contribution < -0.4 is 4.74 Å². The summed E-state index contributed by atoms with van der Waals surface area (Å²) in [6, 6.07) is 14.4. The highest BCUT2D eigenvalue weighted by molar-refractivity contribution is 5.75. The van der Waals surface area contributed by atoms with Crippen molar-refractivity contribution in [2.45, 2.75) is 19.3 Å². The molecule has 104 valence electrons. The van der Waals surface area contributed by atoms with Crippen molar-refractivity contribution < 1.29 is 18.3 Å². The highest BCUT2D eigenvalue weighted by atomic mass is 19.3. The molecule has 2 aromatic rings. The molecule has 0 aliphatic carbocycles. The van der Waals surface area contributed by atoms with Gasteiger partial charge in [0.1, 0.15) is 5.75 Å². The number of esters is 1. The topological polar surface area (TPSA) is 26.3 Å². The lowest BCUT2D eigenvalue weighted by atomic mass is 10.0. The summed E-state index contributed by atoms with van der Waals surface area (Å²) < 4.78 is 31.5. The molecule has 20 heavy (non-hydrogen) atoms. The minimum atomic E-state index is -2.92. The number of hydrogen-bond donors (Lipinski definition) is 0. The highest BCUT2D eigenvalue weighted by Gasteiger charge is 2.24. The van der Waals surface area contributed by atoms with Crippen LogP contribution in [0.2, 0.25) is 0 Å². The minimum Gasteiger partial charge on any atom is -0.426 e. The maximum absolute atomic E-state index is 13.2. The van der Waals surface area contributed by atoms with E-state index in [0.717, 1.165) is 6.92 Å². The summed E-state index contributed by atoms with van der Waals surface area (Å²) in [7, 11) is 0. The Morgan fingerprint density at radius 2 is 1.80 bits per heavy atom. The van der Waals surface area contributed by atoms with Crippen molar-refractivity contribution in [3.8, 4) is 5.75 Å². The van der Waals surface area contributed by atoms with Crippen LogP contribution in [0.15, 0.2) is 54.6 Å². The molecule has 0 fully saturated rings. The molecule has 0 atom stereocenters. The Morgan fingerprint density at radius 3 is 2.45 bits per heavy atom. The maximum atomic E-state index is 13.2. The molecule has 0 radical (unpaired) electrons. The first kappa shape index (κ1) is 14.2. The predicted molar refractivity (Wildman–Crippen MR) is 71.8 cm³/mol. The van der Waals surface area contributed by atoms with Gasteiger partial charge in [-0.1, -0.05) is 36.4 Å². The summed E-state index contributed by atoms with van der Waals surface area (Å²) in [5.74, 6) is -2.96. The van der Waals surface area contributed by atoms with Crippen LogP contribution in [0.1, 0.15) is 18.1 Å². The number of rotatable bonds is 4. The molecule has 0 aliphatic heterocycles. The van der Waals surface area contributed by atoms with E-state index < -0.39 is 11.9 Å². The lowest BCUT2D eigenvalue weighted by Crippen LogP contribution is -2.12. The van der Waals surface area contributed by atoms with Crippen LogP contribution in [0.3, 0.4) is 0 Å². The zero-order valence-corrected chi connectivity index (χ0v) is 11.0. The fourth-order valence-corrected chi connectivity index (χ4v) is 1.78. The van der Waals surface area contributed by atoms with Gasteiger partial charge in [-0.2, -0.15) is 0 Å². The lowest BCUT2D eigenvalue weighted by molar-refractivity contribution is -0.133. The van der Waals surface area contributed by atoms with Gasteiger partial charge in [0.05, 0.1) is 6.42 Å². The van der Waals surface area contributed by atoms with Gasteiger partial charge in [-0.3, -0.25) is 4.79 Å². The summed E-state index contributed by atoms with van der Waals surface area (Å²) in [5.41, 5.74) is 0.396. The molecule has 2 nitrogen and oxygen atoms in total. The quantitative estimate of drug-likeness (QED) is 0.624. The second-order valence-corrected chi connectivity index (χ2v) is 4.55. The van der Waals surface area contributed by atoms with Gasteiger partial charge in [-0.25, -0.2) is 8.78 Å². The van der Waals surface area contributed by atoms with Crippen molar-refractivity contribution >= 4 is 5.97 Å². The van der Waals surface area contributed by atoms with Gasteiger partial charge >= 0.3 is 5.97 Å². The number of carbonyl (C=O) groups is 1. The van der Waals surface area contributed by atoms with Crippen LogP contribution in [0, 0.1) is 0 Å². The number of alkyl halides is 2. The molecular formula is C16H14F2O2. The standard InChI is InChI=1S/C16H14F2O2/c1-16(17,18)13-7-5-6-12(10-13)11-15(19)20-14-8-3-2-4-9-14/h2-10H,11H2,1H3. The molecule has 2 aromatic carbocycles. The van der Waals surface area contributed by atoms with Gasteiger partial charge in [0.15, 0.2) is 0 Å². The Balaban J connectivity index is 2.05. The van der Waals surface area contributed by atoms with Crippen molar-refractivity contribution in [2.24, 2.45) is 0 Å². The second kappa shape index (κ2) is 5.82. The molecule has 0 heterocycles. The predicted octanol–water partition coefficient (Wildman–Crippen LogP) is 3.95. The van der Waals surface area contributed by atoms with Crippen molar-refractivity contribution in [1.29, 1.82) is 0 Å². The van der Waals surface area contributed by atoms with Gasteiger partial charge < -0.3 is 4.74 Å². The summed E-state index contributed by atoms with van der Waals surface area (Å²) in [5, 5.41) is 0. The van der Waals surface area contributed by atoms with Crippen molar-refractivity contribution in [1.82, 2.24) is 0 Å². The summed E-state index contributed by atoms with van der Waals surface area (Å²) in [4.78, 5) is 11.7. The third-order valence-electron chi connectivity index (χ3n) is 2.76. The monoisotopic (exact) mass is 276 g/mol. The van der Waals surface area contributed by atoms with Gasteiger partial charge in [0, 0.05) is 12.5 Å². The molecule has 4 heteroatoms. The van der Waals surface area contributed by atoms with Crippen LogP contribution >= 0.6 is 0 Å². The molecule has 0 spiro atoms. The normalized spacial score (nSPS) is 11.2. The molecule has 0 saturated heterocycles. The first-order valence-electron chi connectivity index (χ1n) is 6.18. The average molecular weight is 276 g/mol. The van der Waals surface area contributed by atoms with Crippen LogP contribution in [-0.4, -0.2) is 5.97 Å². The zero-order chi connectivity index (χ0) is 14.6. The fourth-order valence-electron chi connectivity index (χ4n) is 1.78. The largest absolute Gasteiger partial charge is 0.426 e. The van der Waals surface area contributed by atoms with E-state index in [1.807, 2.05) is 6.07 Å². The van der Waals surface area contributed by atoms with E-state index in [4.69, 9.17) is 4.74 Å². The number of hydrogen-bond acceptors (Lipinski definition) is 2. The fraction of sp³-hybridized carbons (Fsp3) is 0.188. The molecule has 0 aromatic heterocycles. The number of ether oxygens (including phenoxy) is 1. The van der Waals surface area contributed by atoms with Gasteiger partial charge in [-0.15, -0.1) is 0 Å². The Bertz CT molecular complexity index is 589. The molecule has 0 amide bonds. The third-order valence-corrected chi connectivity index (χ3v) is 2.76. The van der Waals surface area contributed by atoms with E-state index >= 15 is 0 Å².